The second-order valence-electron chi connectivity index (χ2n) is 6.94. The second-order valence-corrected chi connectivity index (χ2v) is 6.94. The van der Waals surface area contributed by atoms with Gasteiger partial charge in [0.2, 0.25) is 0 Å². The maximum absolute atomic E-state index is 10.3. The van der Waals surface area contributed by atoms with Gasteiger partial charge >= 0.3 is 0 Å². The van der Waals surface area contributed by atoms with Gasteiger partial charge in [0.1, 0.15) is 0 Å². The van der Waals surface area contributed by atoms with Crippen LogP contribution in [0.3, 0.4) is 0 Å². The first kappa shape index (κ1) is 17.9. The zero-order chi connectivity index (χ0) is 17.5. The van der Waals surface area contributed by atoms with Gasteiger partial charge in [-0.25, -0.2) is 0 Å². The van der Waals surface area contributed by atoms with E-state index in [0.29, 0.717) is 6.54 Å². The third-order valence-corrected chi connectivity index (χ3v) is 4.68. The molecule has 1 unspecified atom stereocenters. The number of β-amino-alcohol motifs (C(OH)–C–C–N with tert-alkyl or cyclic N) is 1. The molecule has 0 fully saturated rings. The van der Waals surface area contributed by atoms with Crippen LogP contribution in [0.4, 0.5) is 0 Å². The summed E-state index contributed by atoms with van der Waals surface area (Å²) in [5.41, 5.74) is 5.34. The molecule has 2 aromatic rings. The first-order valence-corrected chi connectivity index (χ1v) is 9.11. The Morgan fingerprint density at radius 3 is 2.64 bits per heavy atom. The van der Waals surface area contributed by atoms with Gasteiger partial charge in [0.15, 0.2) is 0 Å². The molecule has 1 heterocycles. The highest BCUT2D eigenvalue weighted by Gasteiger charge is 2.18. The maximum atomic E-state index is 10.3. The topological polar surface area (TPSA) is 35.5 Å². The fraction of sp³-hybridized carbons (Fsp3) is 0.364. The molecule has 0 amide bonds. The van der Waals surface area contributed by atoms with Crippen molar-refractivity contribution in [2.45, 2.75) is 26.0 Å². The van der Waals surface area contributed by atoms with Crippen LogP contribution in [0.15, 0.2) is 60.2 Å². The average Bonchev–Trinajstić information content (AvgIpc) is 2.62. The first-order valence-electron chi connectivity index (χ1n) is 9.11. The van der Waals surface area contributed by atoms with Crippen molar-refractivity contribution in [3.05, 3.63) is 76.9 Å². The predicted molar refractivity (Wildman–Crippen MR) is 104 cm³/mol. The fourth-order valence-electron chi connectivity index (χ4n) is 3.39. The third-order valence-electron chi connectivity index (χ3n) is 4.68. The number of aliphatic hydroxyl groups is 1. The Balaban J connectivity index is 1.40. The number of benzene rings is 2. The molecule has 25 heavy (non-hydrogen) atoms. The molecule has 2 aromatic carbocycles. The minimum absolute atomic E-state index is 0.338. The fourth-order valence-corrected chi connectivity index (χ4v) is 3.39. The summed E-state index contributed by atoms with van der Waals surface area (Å²) in [6.45, 7) is 6.24. The molecule has 2 N–H and O–H groups in total. The lowest BCUT2D eigenvalue weighted by molar-refractivity contribution is 0.105. The Morgan fingerprint density at radius 2 is 1.84 bits per heavy atom. The highest BCUT2D eigenvalue weighted by Crippen LogP contribution is 2.18. The maximum Gasteiger partial charge on any atom is 0.0791 e. The number of rotatable bonds is 7. The summed E-state index contributed by atoms with van der Waals surface area (Å²) >= 11 is 0. The van der Waals surface area contributed by atoms with Crippen LogP contribution in [0, 0.1) is 0 Å². The van der Waals surface area contributed by atoms with Crippen LogP contribution in [0.2, 0.25) is 0 Å². The minimum Gasteiger partial charge on any atom is -0.390 e. The second kappa shape index (κ2) is 8.95. The van der Waals surface area contributed by atoms with E-state index >= 15 is 0 Å². The summed E-state index contributed by atoms with van der Waals surface area (Å²) in [4.78, 5) is 2.35. The molecule has 0 radical (unpaired) electrons. The Labute approximate surface area is 151 Å². The molecule has 0 bridgehead atoms. The number of aliphatic hydroxyl groups excluding tert-OH is 1. The van der Waals surface area contributed by atoms with Crippen molar-refractivity contribution in [2.24, 2.45) is 0 Å². The third kappa shape index (κ3) is 5.53. The van der Waals surface area contributed by atoms with E-state index in [1.165, 1.54) is 22.3 Å². The summed E-state index contributed by atoms with van der Waals surface area (Å²) in [5.74, 6) is 0. The molecule has 1 aliphatic rings. The summed E-state index contributed by atoms with van der Waals surface area (Å²) in [6, 6.07) is 19.0. The summed E-state index contributed by atoms with van der Waals surface area (Å²) < 4.78 is 0. The largest absolute Gasteiger partial charge is 0.390 e. The van der Waals surface area contributed by atoms with Crippen molar-refractivity contribution < 1.29 is 5.11 Å². The van der Waals surface area contributed by atoms with Crippen LogP contribution < -0.4 is 5.32 Å². The zero-order valence-corrected chi connectivity index (χ0v) is 15.0. The van der Waals surface area contributed by atoms with Crippen LogP contribution in [0.5, 0.6) is 0 Å². The number of nitrogens with zero attached hydrogens (tertiary/aromatic N) is 1. The van der Waals surface area contributed by atoms with Gasteiger partial charge in [0, 0.05) is 32.7 Å². The Bertz CT molecular complexity index is 696. The predicted octanol–water partition coefficient (Wildman–Crippen LogP) is 3.10. The molecule has 132 valence electrons. The normalized spacial score (nSPS) is 16.5. The van der Waals surface area contributed by atoms with Crippen molar-refractivity contribution in [3.8, 4) is 0 Å². The van der Waals surface area contributed by atoms with Gasteiger partial charge in [-0.3, -0.25) is 4.90 Å². The molecular weight excluding hydrogens is 308 g/mol. The van der Waals surface area contributed by atoms with Crippen LogP contribution in [0.25, 0.3) is 6.08 Å². The lowest BCUT2D eigenvalue weighted by Crippen LogP contribution is -2.41. The van der Waals surface area contributed by atoms with E-state index < -0.39 is 0 Å². The minimum atomic E-state index is -0.338. The van der Waals surface area contributed by atoms with Gasteiger partial charge in [-0.2, -0.15) is 0 Å². The van der Waals surface area contributed by atoms with Crippen LogP contribution >= 0.6 is 0 Å². The van der Waals surface area contributed by atoms with Crippen molar-refractivity contribution in [2.75, 3.05) is 26.2 Å². The van der Waals surface area contributed by atoms with Gasteiger partial charge in [0.05, 0.1) is 6.10 Å². The number of hydrogen-bond donors (Lipinski definition) is 2. The van der Waals surface area contributed by atoms with Crippen molar-refractivity contribution >= 4 is 6.08 Å². The highest BCUT2D eigenvalue weighted by molar-refractivity contribution is 5.52. The van der Waals surface area contributed by atoms with E-state index in [4.69, 9.17) is 0 Å². The van der Waals surface area contributed by atoms with Gasteiger partial charge in [0.25, 0.3) is 0 Å². The number of fused-ring (bicyclic) bond motifs is 1. The lowest BCUT2D eigenvalue weighted by Gasteiger charge is -2.30. The zero-order valence-electron chi connectivity index (χ0n) is 15.0. The van der Waals surface area contributed by atoms with Gasteiger partial charge in [-0.1, -0.05) is 66.2 Å². The highest BCUT2D eigenvalue weighted by atomic mass is 16.3. The van der Waals surface area contributed by atoms with E-state index in [9.17, 15) is 5.11 Å². The smallest absolute Gasteiger partial charge is 0.0791 e. The van der Waals surface area contributed by atoms with Crippen molar-refractivity contribution in [3.63, 3.8) is 0 Å². The number of hydrogen-bond acceptors (Lipinski definition) is 3. The van der Waals surface area contributed by atoms with Crippen molar-refractivity contribution in [1.82, 2.24) is 10.2 Å². The lowest BCUT2D eigenvalue weighted by atomic mass is 10.00. The first-order chi connectivity index (χ1) is 12.2. The van der Waals surface area contributed by atoms with Gasteiger partial charge in [-0.05, 0) is 30.0 Å². The SMILES string of the molecule is C/C(=C/c1ccccc1)CNCC(O)CN1CCc2ccccc2C1. The molecule has 0 saturated carbocycles. The van der Waals surface area contributed by atoms with Crippen LogP contribution in [-0.4, -0.2) is 42.3 Å². The Hall–Kier alpha value is -1.94. The molecule has 0 spiro atoms. The van der Waals surface area contributed by atoms with Crippen molar-refractivity contribution in [1.29, 1.82) is 0 Å². The Morgan fingerprint density at radius 1 is 1.12 bits per heavy atom. The summed E-state index contributed by atoms with van der Waals surface area (Å²) in [5, 5.41) is 13.7. The van der Waals surface area contributed by atoms with Gasteiger partial charge < -0.3 is 10.4 Å². The molecular formula is C22H28N2O. The van der Waals surface area contributed by atoms with E-state index in [1.807, 2.05) is 18.2 Å². The van der Waals surface area contributed by atoms with E-state index in [2.05, 4.69) is 59.6 Å². The van der Waals surface area contributed by atoms with Gasteiger partial charge in [-0.15, -0.1) is 0 Å². The molecule has 0 aliphatic carbocycles. The standard InChI is InChI=1S/C22H28N2O/c1-18(13-19-7-3-2-4-8-19)14-23-15-22(25)17-24-12-11-20-9-5-6-10-21(20)16-24/h2-10,13,22-23,25H,11-12,14-17H2,1H3/b18-13-. The molecule has 0 aromatic heterocycles. The quantitative estimate of drug-likeness (QED) is 0.815. The van der Waals surface area contributed by atoms with E-state index in [1.54, 1.807) is 0 Å². The molecule has 3 heteroatoms. The molecule has 1 atom stereocenters. The number of nitrogens with one attached hydrogen (secondary N) is 1. The van der Waals surface area contributed by atoms with E-state index in [0.717, 1.165) is 32.6 Å². The molecule has 3 nitrogen and oxygen atoms in total. The van der Waals surface area contributed by atoms with E-state index in [-0.39, 0.29) is 6.10 Å². The summed E-state index contributed by atoms with van der Waals surface area (Å²) in [6.07, 6.45) is 2.92. The summed E-state index contributed by atoms with van der Waals surface area (Å²) in [7, 11) is 0. The monoisotopic (exact) mass is 336 g/mol. The molecule has 3 rings (SSSR count). The molecule has 1 aliphatic heterocycles. The van der Waals surface area contributed by atoms with Crippen LogP contribution in [-0.2, 0) is 13.0 Å². The molecule has 0 saturated heterocycles. The average molecular weight is 336 g/mol. The Kier molecular flexibility index (Phi) is 6.40. The van der Waals surface area contributed by atoms with Crippen LogP contribution in [0.1, 0.15) is 23.6 Å².